The number of nitrogens with one attached hydrogen (secondary N) is 1. The van der Waals surface area contributed by atoms with Gasteiger partial charge in [0.2, 0.25) is 5.95 Å². The summed E-state index contributed by atoms with van der Waals surface area (Å²) in [6.07, 6.45) is 0.748. The van der Waals surface area contributed by atoms with Gasteiger partial charge in [-0.15, -0.1) is 0 Å². The molecule has 10 heteroatoms. The lowest BCUT2D eigenvalue weighted by molar-refractivity contribution is 0.0919. The van der Waals surface area contributed by atoms with Gasteiger partial charge in [-0.1, -0.05) is 60.7 Å². The lowest BCUT2D eigenvalue weighted by Crippen LogP contribution is -2.38. The minimum Gasteiger partial charge on any atom is -0.467 e. The van der Waals surface area contributed by atoms with Gasteiger partial charge in [0.1, 0.15) is 5.76 Å². The topological polar surface area (TPSA) is 110 Å². The first-order valence-electron chi connectivity index (χ1n) is 12.8. The van der Waals surface area contributed by atoms with Crippen molar-refractivity contribution in [2.45, 2.75) is 32.3 Å². The van der Waals surface area contributed by atoms with Gasteiger partial charge < -0.3 is 19.4 Å². The van der Waals surface area contributed by atoms with Crippen LogP contribution >= 0.6 is 0 Å². The summed E-state index contributed by atoms with van der Waals surface area (Å²) in [4.78, 5) is 32.5. The van der Waals surface area contributed by atoms with E-state index in [-0.39, 0.29) is 17.7 Å². The first kappa shape index (κ1) is 26.2. The minimum atomic E-state index is -0.832. The van der Waals surface area contributed by atoms with Crippen LogP contribution < -0.4 is 16.6 Å². The number of aromatic nitrogens is 4. The molecule has 5 aromatic rings. The van der Waals surface area contributed by atoms with Crippen molar-refractivity contribution in [3.63, 3.8) is 0 Å². The average Bonchev–Trinajstić information content (AvgIpc) is 3.59. The number of hydrogen-bond donors (Lipinski definition) is 2. The summed E-state index contributed by atoms with van der Waals surface area (Å²) >= 11 is 0. The Labute approximate surface area is 225 Å². The SMILES string of the molecule is Cn1c(=O)c2c(nc(NCc3ccco3)n2C[C@@H](O)CN(Cc2ccccc2)Cc2ccccc2)n(C)c1=O. The normalized spacial score (nSPS) is 12.3. The van der Waals surface area contributed by atoms with E-state index in [0.717, 1.165) is 15.7 Å². The Bertz CT molecular complexity index is 1600. The van der Waals surface area contributed by atoms with Crippen molar-refractivity contribution in [2.24, 2.45) is 14.1 Å². The number of furan rings is 1. The maximum absolute atomic E-state index is 13.2. The zero-order chi connectivity index (χ0) is 27.4. The number of aliphatic hydroxyl groups excluding tert-OH is 1. The van der Waals surface area contributed by atoms with E-state index in [4.69, 9.17) is 4.42 Å². The number of benzene rings is 2. The van der Waals surface area contributed by atoms with Crippen molar-refractivity contribution in [1.29, 1.82) is 0 Å². The highest BCUT2D eigenvalue weighted by Gasteiger charge is 2.22. The van der Waals surface area contributed by atoms with Crippen LogP contribution in [0.1, 0.15) is 16.9 Å². The Morgan fingerprint density at radius 2 is 1.56 bits per heavy atom. The molecule has 0 spiro atoms. The molecule has 3 aromatic heterocycles. The highest BCUT2D eigenvalue weighted by Crippen LogP contribution is 2.19. The number of nitrogens with zero attached hydrogens (tertiary/aromatic N) is 5. The number of imidazole rings is 1. The fourth-order valence-electron chi connectivity index (χ4n) is 4.77. The van der Waals surface area contributed by atoms with Gasteiger partial charge in [0, 0.05) is 33.7 Å². The van der Waals surface area contributed by atoms with Gasteiger partial charge in [0.05, 0.1) is 25.5 Å². The molecule has 202 valence electrons. The monoisotopic (exact) mass is 528 g/mol. The van der Waals surface area contributed by atoms with Crippen molar-refractivity contribution < 1.29 is 9.52 Å². The lowest BCUT2D eigenvalue weighted by Gasteiger charge is -2.26. The Morgan fingerprint density at radius 3 is 2.15 bits per heavy atom. The van der Waals surface area contributed by atoms with Crippen LogP contribution in [0.2, 0.25) is 0 Å². The first-order valence-corrected chi connectivity index (χ1v) is 12.8. The van der Waals surface area contributed by atoms with Gasteiger partial charge in [-0.05, 0) is 23.3 Å². The predicted molar refractivity (Wildman–Crippen MR) is 149 cm³/mol. The number of rotatable bonds is 11. The third kappa shape index (κ3) is 5.87. The molecule has 1 atom stereocenters. The minimum absolute atomic E-state index is 0.102. The maximum Gasteiger partial charge on any atom is 0.332 e. The first-order chi connectivity index (χ1) is 18.9. The van der Waals surface area contributed by atoms with E-state index in [2.05, 4.69) is 39.5 Å². The molecule has 0 bridgehead atoms. The zero-order valence-electron chi connectivity index (χ0n) is 22.0. The van der Waals surface area contributed by atoms with Crippen LogP contribution in [0.5, 0.6) is 0 Å². The summed E-state index contributed by atoms with van der Waals surface area (Å²) in [7, 11) is 3.02. The van der Waals surface area contributed by atoms with Crippen LogP contribution in [0.3, 0.4) is 0 Å². The molecule has 0 unspecified atom stereocenters. The fraction of sp³-hybridized carbons (Fsp3) is 0.276. The van der Waals surface area contributed by atoms with Crippen LogP contribution in [0.15, 0.2) is 93.1 Å². The van der Waals surface area contributed by atoms with Gasteiger partial charge >= 0.3 is 5.69 Å². The highest BCUT2D eigenvalue weighted by atomic mass is 16.3. The zero-order valence-corrected chi connectivity index (χ0v) is 22.0. The molecular weight excluding hydrogens is 496 g/mol. The van der Waals surface area contributed by atoms with Crippen LogP contribution in [0.4, 0.5) is 5.95 Å². The average molecular weight is 529 g/mol. The Morgan fingerprint density at radius 1 is 0.923 bits per heavy atom. The molecule has 0 aliphatic carbocycles. The third-order valence-corrected chi connectivity index (χ3v) is 6.71. The molecule has 0 aliphatic rings. The number of aliphatic hydroxyl groups is 1. The van der Waals surface area contributed by atoms with E-state index in [1.165, 1.54) is 11.6 Å². The van der Waals surface area contributed by atoms with E-state index in [9.17, 15) is 14.7 Å². The van der Waals surface area contributed by atoms with Gasteiger partial charge in [-0.25, -0.2) is 4.79 Å². The Hall–Kier alpha value is -4.41. The second-order valence-corrected chi connectivity index (χ2v) is 9.65. The van der Waals surface area contributed by atoms with Crippen LogP contribution in [-0.2, 0) is 40.3 Å². The van der Waals surface area contributed by atoms with Gasteiger partial charge in [0.25, 0.3) is 5.56 Å². The molecule has 5 rings (SSSR count). The van der Waals surface area contributed by atoms with E-state index >= 15 is 0 Å². The van der Waals surface area contributed by atoms with E-state index in [1.807, 2.05) is 42.5 Å². The van der Waals surface area contributed by atoms with Gasteiger partial charge in [-0.3, -0.25) is 18.8 Å². The van der Waals surface area contributed by atoms with Gasteiger partial charge in [0.15, 0.2) is 11.2 Å². The van der Waals surface area contributed by atoms with E-state index in [0.29, 0.717) is 37.9 Å². The van der Waals surface area contributed by atoms with Crippen LogP contribution in [-0.4, -0.2) is 41.3 Å². The molecule has 0 radical (unpaired) electrons. The molecule has 39 heavy (non-hydrogen) atoms. The molecule has 10 nitrogen and oxygen atoms in total. The van der Waals surface area contributed by atoms with Crippen molar-refractivity contribution in [3.8, 4) is 0 Å². The molecular formula is C29H32N6O4. The summed E-state index contributed by atoms with van der Waals surface area (Å²) in [5.41, 5.74) is 1.84. The second-order valence-electron chi connectivity index (χ2n) is 9.65. The largest absolute Gasteiger partial charge is 0.467 e. The molecule has 0 aliphatic heterocycles. The summed E-state index contributed by atoms with van der Waals surface area (Å²) in [6.45, 7) is 2.08. The van der Waals surface area contributed by atoms with Crippen molar-refractivity contribution in [1.82, 2.24) is 23.6 Å². The van der Waals surface area contributed by atoms with Crippen LogP contribution in [0.25, 0.3) is 11.2 Å². The number of hydrogen-bond acceptors (Lipinski definition) is 7. The molecule has 0 fully saturated rings. The summed E-state index contributed by atoms with van der Waals surface area (Å²) < 4.78 is 9.48. The Balaban J connectivity index is 1.45. The third-order valence-electron chi connectivity index (χ3n) is 6.71. The maximum atomic E-state index is 13.2. The molecule has 3 heterocycles. The van der Waals surface area contributed by atoms with Crippen molar-refractivity contribution in [3.05, 3.63) is 117 Å². The summed E-state index contributed by atoms with van der Waals surface area (Å²) in [5, 5.41) is 14.6. The van der Waals surface area contributed by atoms with Crippen molar-refractivity contribution in [2.75, 3.05) is 11.9 Å². The molecule has 0 saturated carbocycles. The van der Waals surface area contributed by atoms with Gasteiger partial charge in [-0.2, -0.15) is 4.98 Å². The number of aryl methyl sites for hydroxylation is 1. The van der Waals surface area contributed by atoms with Crippen LogP contribution in [0, 0.1) is 0 Å². The highest BCUT2D eigenvalue weighted by molar-refractivity contribution is 5.74. The Kier molecular flexibility index (Phi) is 7.76. The molecule has 2 aromatic carbocycles. The smallest absolute Gasteiger partial charge is 0.332 e. The summed E-state index contributed by atoms with van der Waals surface area (Å²) in [6, 6.07) is 23.8. The quantitative estimate of drug-likeness (QED) is 0.271. The van der Waals surface area contributed by atoms with E-state index < -0.39 is 17.4 Å². The second kappa shape index (κ2) is 11.5. The standard InChI is InChI=1S/C29H32N6O4/c1-32-26-25(27(37)33(2)29(32)38)35(28(31-26)30-16-24-14-9-15-39-24)20-23(36)19-34(17-21-10-5-3-6-11-21)18-22-12-7-4-8-13-22/h3-15,23,36H,16-20H2,1-2H3,(H,30,31)/t23-/m0/s1. The molecule has 0 saturated heterocycles. The predicted octanol–water partition coefficient (Wildman–Crippen LogP) is 2.70. The van der Waals surface area contributed by atoms with E-state index in [1.54, 1.807) is 23.9 Å². The molecule has 2 N–H and O–H groups in total. The summed E-state index contributed by atoms with van der Waals surface area (Å²) in [5.74, 6) is 1.06. The number of anilines is 1. The lowest BCUT2D eigenvalue weighted by atomic mass is 10.1. The number of fused-ring (bicyclic) bond motifs is 1. The molecule has 0 amide bonds. The fourth-order valence-corrected chi connectivity index (χ4v) is 4.77. The van der Waals surface area contributed by atoms with Crippen molar-refractivity contribution >= 4 is 17.1 Å².